The summed E-state index contributed by atoms with van der Waals surface area (Å²) in [5.41, 5.74) is 2.42. The number of aromatic nitrogens is 4. The van der Waals surface area contributed by atoms with Crippen molar-refractivity contribution in [2.75, 3.05) is 25.5 Å². The highest BCUT2D eigenvalue weighted by Crippen LogP contribution is 2.40. The first kappa shape index (κ1) is 23.1. The van der Waals surface area contributed by atoms with Gasteiger partial charge in [0.15, 0.2) is 0 Å². The van der Waals surface area contributed by atoms with Crippen LogP contribution in [0.5, 0.6) is 11.8 Å². The maximum Gasteiger partial charge on any atom is 0.264 e. The van der Waals surface area contributed by atoms with Gasteiger partial charge in [-0.15, -0.1) is 11.3 Å². The number of ether oxygens (including phenoxy) is 2. The van der Waals surface area contributed by atoms with Gasteiger partial charge in [0, 0.05) is 36.5 Å². The number of nitrogens with zero attached hydrogens (tertiary/aromatic N) is 4. The molecule has 0 radical (unpaired) electrons. The lowest BCUT2D eigenvalue weighted by atomic mass is 10.1. The Morgan fingerprint density at radius 2 is 2.14 bits per heavy atom. The molecule has 3 N–H and O–H groups in total. The van der Waals surface area contributed by atoms with Crippen molar-refractivity contribution in [3.05, 3.63) is 40.3 Å². The minimum atomic E-state index is -0.686. The summed E-state index contributed by atoms with van der Waals surface area (Å²) in [5.74, 6) is -0.138. The molecule has 13 heteroatoms. The molecule has 4 heterocycles. The molecule has 2 amide bonds. The molecule has 1 aliphatic heterocycles. The molecule has 0 unspecified atom stereocenters. The number of carbonyl (C=O) groups excluding carboxylic acids is 2. The van der Waals surface area contributed by atoms with Crippen molar-refractivity contribution in [1.29, 1.82) is 0 Å². The lowest BCUT2D eigenvalue weighted by Crippen LogP contribution is -2.47. The molecule has 0 saturated carbocycles. The Bertz CT molecular complexity index is 1460. The maximum atomic E-state index is 12.8. The highest BCUT2D eigenvalue weighted by molar-refractivity contribution is 7.21. The summed E-state index contributed by atoms with van der Waals surface area (Å²) in [6.45, 7) is 2.91. The van der Waals surface area contributed by atoms with E-state index in [1.165, 1.54) is 24.6 Å². The van der Waals surface area contributed by atoms with Crippen LogP contribution in [0.25, 0.3) is 21.1 Å². The molecule has 180 valence electrons. The largest absolute Gasteiger partial charge is 0.418 e. The first-order valence-corrected chi connectivity index (χ1v) is 11.9. The van der Waals surface area contributed by atoms with Crippen molar-refractivity contribution in [3.8, 4) is 11.8 Å². The molecule has 11 nitrogen and oxygen atoms in total. The Hall–Kier alpha value is -3.61. The molecule has 0 spiro atoms. The topological polar surface area (TPSA) is 140 Å². The van der Waals surface area contributed by atoms with Gasteiger partial charge in [-0.25, -0.2) is 15.0 Å². The van der Waals surface area contributed by atoms with Crippen LogP contribution in [0.15, 0.2) is 24.5 Å². The number of carbonyl (C=O) groups is 2. The van der Waals surface area contributed by atoms with E-state index in [1.54, 1.807) is 6.20 Å². The van der Waals surface area contributed by atoms with Crippen molar-refractivity contribution in [2.24, 2.45) is 0 Å². The summed E-state index contributed by atoms with van der Waals surface area (Å²) in [7, 11) is 1.53. The third-order valence-electron chi connectivity index (χ3n) is 5.36. The Morgan fingerprint density at radius 1 is 1.29 bits per heavy atom. The first-order valence-electron chi connectivity index (χ1n) is 10.7. The van der Waals surface area contributed by atoms with Gasteiger partial charge < -0.3 is 25.4 Å². The summed E-state index contributed by atoms with van der Waals surface area (Å²) >= 11 is 7.28. The van der Waals surface area contributed by atoms with Gasteiger partial charge in [0.05, 0.1) is 35.1 Å². The van der Waals surface area contributed by atoms with Crippen LogP contribution in [0, 0.1) is 0 Å². The highest BCUT2D eigenvalue weighted by Gasteiger charge is 2.29. The van der Waals surface area contributed by atoms with Gasteiger partial charge in [0.25, 0.3) is 5.91 Å². The van der Waals surface area contributed by atoms with E-state index in [-0.39, 0.29) is 42.0 Å². The second-order valence-electron chi connectivity index (χ2n) is 7.55. The minimum absolute atomic E-state index is 0.0380. The third kappa shape index (κ3) is 4.43. The summed E-state index contributed by atoms with van der Waals surface area (Å²) in [5, 5.41) is 9.37. The summed E-state index contributed by atoms with van der Waals surface area (Å²) in [6.07, 6.45) is 3.03. The van der Waals surface area contributed by atoms with E-state index < -0.39 is 6.04 Å². The molecule has 1 atom stereocenters. The fourth-order valence-electron chi connectivity index (χ4n) is 3.71. The predicted molar refractivity (Wildman–Crippen MR) is 131 cm³/mol. The fourth-order valence-corrected chi connectivity index (χ4v) is 4.92. The molecule has 0 saturated heterocycles. The molecule has 4 aromatic rings. The summed E-state index contributed by atoms with van der Waals surface area (Å²) < 4.78 is 12.2. The molecule has 35 heavy (non-hydrogen) atoms. The lowest BCUT2D eigenvalue weighted by Gasteiger charge is -2.14. The monoisotopic (exact) mass is 513 g/mol. The summed E-state index contributed by atoms with van der Waals surface area (Å²) in [6, 6.07) is 3.00. The van der Waals surface area contributed by atoms with Gasteiger partial charge in [-0.1, -0.05) is 0 Å². The number of anilines is 1. The SMILES string of the molecule is CCOCc1cnc(Cl)nc1Oc1cnc2c(ccc3sc4c(c32)NC[C@@H](C(=O)NC)NC4=O)n1. The Balaban J connectivity index is 1.52. The van der Waals surface area contributed by atoms with Crippen molar-refractivity contribution in [2.45, 2.75) is 19.6 Å². The number of nitrogens with one attached hydrogen (secondary N) is 3. The number of fused-ring (bicyclic) bond motifs is 5. The van der Waals surface area contributed by atoms with Crippen LogP contribution in [-0.4, -0.2) is 58.0 Å². The van der Waals surface area contributed by atoms with E-state index in [0.29, 0.717) is 33.8 Å². The number of amides is 2. The maximum absolute atomic E-state index is 12.8. The van der Waals surface area contributed by atoms with Crippen LogP contribution in [0.2, 0.25) is 5.28 Å². The zero-order valence-electron chi connectivity index (χ0n) is 18.7. The fraction of sp³-hybridized carbons (Fsp3) is 0.273. The first-order chi connectivity index (χ1) is 17.0. The molecule has 3 aromatic heterocycles. The zero-order chi connectivity index (χ0) is 24.5. The number of benzene rings is 1. The van der Waals surface area contributed by atoms with Crippen molar-refractivity contribution < 1.29 is 19.1 Å². The average molecular weight is 514 g/mol. The number of halogens is 1. The molecule has 1 aliphatic rings. The second-order valence-corrected chi connectivity index (χ2v) is 8.94. The van der Waals surface area contributed by atoms with Gasteiger partial charge >= 0.3 is 0 Å². The van der Waals surface area contributed by atoms with Gasteiger partial charge in [0.2, 0.25) is 23.0 Å². The number of hydrogen-bond donors (Lipinski definition) is 3. The van der Waals surface area contributed by atoms with Gasteiger partial charge in [-0.3, -0.25) is 9.59 Å². The normalized spacial score (nSPS) is 15.3. The van der Waals surface area contributed by atoms with Crippen LogP contribution >= 0.6 is 22.9 Å². The molecule has 0 aliphatic carbocycles. The Labute approximate surface area is 208 Å². The van der Waals surface area contributed by atoms with Crippen LogP contribution in [0.4, 0.5) is 5.69 Å². The molecule has 1 aromatic carbocycles. The molecular weight excluding hydrogens is 494 g/mol. The highest BCUT2D eigenvalue weighted by atomic mass is 35.5. The van der Waals surface area contributed by atoms with Crippen LogP contribution < -0.4 is 20.7 Å². The Kier molecular flexibility index (Phi) is 6.32. The van der Waals surface area contributed by atoms with E-state index in [4.69, 9.17) is 21.1 Å². The number of thiophene rings is 1. The van der Waals surface area contributed by atoms with Gasteiger partial charge in [-0.2, -0.15) is 4.98 Å². The standard InChI is InChI=1S/C22H20ClN7O4S/c1-3-33-9-10-6-27-22(23)30-21(10)34-14-8-26-16-11(28-14)4-5-13-15(16)17-18(35-13)20(32)29-12(7-25-17)19(31)24-2/h4-6,8,12,25H,3,7,9H2,1-2H3,(H,24,31)(H,29,32)/t12-/m0/s1. The van der Waals surface area contributed by atoms with E-state index in [1.807, 2.05) is 19.1 Å². The smallest absolute Gasteiger partial charge is 0.264 e. The van der Waals surface area contributed by atoms with Crippen molar-refractivity contribution >= 4 is 61.6 Å². The van der Waals surface area contributed by atoms with Crippen LogP contribution in [0.3, 0.4) is 0 Å². The number of rotatable bonds is 6. The quantitative estimate of drug-likeness (QED) is 0.332. The zero-order valence-corrected chi connectivity index (χ0v) is 20.3. The molecule has 0 fully saturated rings. The van der Waals surface area contributed by atoms with Crippen LogP contribution in [0.1, 0.15) is 22.2 Å². The third-order valence-corrected chi connectivity index (χ3v) is 6.69. The molecule has 0 bridgehead atoms. The van der Waals surface area contributed by atoms with E-state index >= 15 is 0 Å². The predicted octanol–water partition coefficient (Wildman–Crippen LogP) is 2.89. The lowest BCUT2D eigenvalue weighted by molar-refractivity contribution is -0.122. The average Bonchev–Trinajstić information content (AvgIpc) is 3.16. The van der Waals surface area contributed by atoms with Crippen LogP contribution in [-0.2, 0) is 16.1 Å². The Morgan fingerprint density at radius 3 is 2.94 bits per heavy atom. The minimum Gasteiger partial charge on any atom is -0.418 e. The molecular formula is C22H20ClN7O4S. The van der Waals surface area contributed by atoms with Crippen molar-refractivity contribution in [3.63, 3.8) is 0 Å². The van der Waals surface area contributed by atoms with Gasteiger partial charge in [0.1, 0.15) is 10.9 Å². The second kappa shape index (κ2) is 9.56. The van der Waals surface area contributed by atoms with Gasteiger partial charge in [-0.05, 0) is 30.7 Å². The van der Waals surface area contributed by atoms with E-state index in [2.05, 4.69) is 35.9 Å². The number of hydrogen-bond acceptors (Lipinski definition) is 10. The number of likely N-dealkylation sites (N-methyl/N-ethyl adjacent to an activating group) is 1. The van der Waals surface area contributed by atoms with E-state index in [0.717, 1.165) is 10.1 Å². The molecule has 5 rings (SSSR count). The summed E-state index contributed by atoms with van der Waals surface area (Å²) in [4.78, 5) is 42.7. The van der Waals surface area contributed by atoms with E-state index in [9.17, 15) is 9.59 Å². The van der Waals surface area contributed by atoms with Crippen molar-refractivity contribution in [1.82, 2.24) is 30.6 Å².